The molecule has 17 heavy (non-hydrogen) atoms. The van der Waals surface area contributed by atoms with Crippen molar-refractivity contribution in [1.29, 1.82) is 0 Å². The Kier molecular flexibility index (Phi) is 4.68. The summed E-state index contributed by atoms with van der Waals surface area (Å²) in [7, 11) is 2.32. The summed E-state index contributed by atoms with van der Waals surface area (Å²) in [5.74, 6) is 0.119. The summed E-state index contributed by atoms with van der Waals surface area (Å²) in [6.45, 7) is 1.64. The van der Waals surface area contributed by atoms with E-state index in [2.05, 4.69) is 0 Å². The number of ether oxygens (including phenoxy) is 1. The maximum absolute atomic E-state index is 11.6. The van der Waals surface area contributed by atoms with Crippen LogP contribution in [0.15, 0.2) is 29.2 Å². The van der Waals surface area contributed by atoms with E-state index in [1.807, 2.05) is 19.0 Å². The Morgan fingerprint density at radius 2 is 1.76 bits per heavy atom. The molecule has 0 spiro atoms. The second-order valence-electron chi connectivity index (χ2n) is 4.02. The van der Waals surface area contributed by atoms with Gasteiger partial charge in [0, 0.05) is 7.11 Å². The normalized spacial score (nSPS) is 13.9. The zero-order chi connectivity index (χ0) is 13.1. The van der Waals surface area contributed by atoms with Gasteiger partial charge < -0.3 is 4.74 Å². The number of methoxy groups -OCH3 is 1. The Balaban J connectivity index is 3.03. The van der Waals surface area contributed by atoms with Crippen molar-refractivity contribution in [2.75, 3.05) is 27.0 Å². The minimum Gasteiger partial charge on any atom is -0.362 e. The van der Waals surface area contributed by atoms with Crippen molar-refractivity contribution < 1.29 is 13.2 Å². The molecule has 1 unspecified atom stereocenters. The van der Waals surface area contributed by atoms with Crippen molar-refractivity contribution in [2.45, 2.75) is 18.0 Å². The minimum absolute atomic E-state index is 0.119. The molecule has 5 heteroatoms. The standard InChI is InChI=1S/C12H19NO3S/c1-5-17(14,15)11-8-6-10(7-9-11)12(16-4)13(2)3/h6-9,12H,5H2,1-4H3. The molecular weight excluding hydrogens is 238 g/mol. The lowest BCUT2D eigenvalue weighted by molar-refractivity contribution is -0.00543. The molecule has 1 aromatic rings. The SMILES string of the molecule is CCS(=O)(=O)c1ccc(C(OC)N(C)C)cc1. The molecular formula is C12H19NO3S. The van der Waals surface area contributed by atoms with E-state index in [0.717, 1.165) is 5.56 Å². The number of sulfone groups is 1. The van der Waals surface area contributed by atoms with E-state index in [0.29, 0.717) is 4.90 Å². The first kappa shape index (κ1) is 14.2. The summed E-state index contributed by atoms with van der Waals surface area (Å²) in [6.07, 6.45) is -0.159. The number of hydrogen-bond donors (Lipinski definition) is 0. The van der Waals surface area contributed by atoms with Crippen LogP contribution in [0.5, 0.6) is 0 Å². The van der Waals surface area contributed by atoms with Crippen LogP contribution in [0, 0.1) is 0 Å². The highest BCUT2D eigenvalue weighted by atomic mass is 32.2. The summed E-state index contributed by atoms with van der Waals surface area (Å²) in [5.41, 5.74) is 0.938. The van der Waals surface area contributed by atoms with Gasteiger partial charge in [-0.2, -0.15) is 0 Å². The number of nitrogens with zero attached hydrogens (tertiary/aromatic N) is 1. The predicted octanol–water partition coefficient (Wildman–Crippen LogP) is 1.69. The zero-order valence-electron chi connectivity index (χ0n) is 10.7. The lowest BCUT2D eigenvalue weighted by atomic mass is 10.2. The third kappa shape index (κ3) is 3.28. The number of hydrogen-bond acceptors (Lipinski definition) is 4. The molecule has 96 valence electrons. The Bertz CT molecular complexity index is 451. The van der Waals surface area contributed by atoms with Crippen molar-refractivity contribution in [1.82, 2.24) is 4.90 Å². The van der Waals surface area contributed by atoms with E-state index in [-0.39, 0.29) is 12.0 Å². The molecule has 1 rings (SSSR count). The maximum Gasteiger partial charge on any atom is 0.178 e. The fourth-order valence-electron chi connectivity index (χ4n) is 1.65. The van der Waals surface area contributed by atoms with Gasteiger partial charge in [0.2, 0.25) is 0 Å². The van der Waals surface area contributed by atoms with Gasteiger partial charge in [-0.05, 0) is 31.8 Å². The van der Waals surface area contributed by atoms with Gasteiger partial charge in [-0.15, -0.1) is 0 Å². The van der Waals surface area contributed by atoms with Gasteiger partial charge in [0.05, 0.1) is 10.6 Å². The van der Waals surface area contributed by atoms with Crippen molar-refractivity contribution in [2.24, 2.45) is 0 Å². The van der Waals surface area contributed by atoms with E-state index in [4.69, 9.17) is 4.74 Å². The largest absolute Gasteiger partial charge is 0.362 e. The monoisotopic (exact) mass is 257 g/mol. The molecule has 0 aliphatic heterocycles. The van der Waals surface area contributed by atoms with Gasteiger partial charge in [0.25, 0.3) is 0 Å². The van der Waals surface area contributed by atoms with Gasteiger partial charge in [0.15, 0.2) is 9.84 Å². The van der Waals surface area contributed by atoms with Crippen molar-refractivity contribution in [3.05, 3.63) is 29.8 Å². The predicted molar refractivity (Wildman–Crippen MR) is 67.6 cm³/mol. The first-order chi connectivity index (χ1) is 7.92. The second-order valence-corrected chi connectivity index (χ2v) is 6.30. The van der Waals surface area contributed by atoms with Gasteiger partial charge >= 0.3 is 0 Å². The zero-order valence-corrected chi connectivity index (χ0v) is 11.5. The summed E-state index contributed by atoms with van der Waals surface area (Å²) in [5, 5.41) is 0. The molecule has 4 nitrogen and oxygen atoms in total. The van der Waals surface area contributed by atoms with Crippen LogP contribution in [0.2, 0.25) is 0 Å². The molecule has 0 aliphatic carbocycles. The average molecular weight is 257 g/mol. The Hall–Kier alpha value is -0.910. The molecule has 1 aromatic carbocycles. The molecule has 0 aliphatic rings. The summed E-state index contributed by atoms with van der Waals surface area (Å²) >= 11 is 0. The molecule has 1 atom stereocenters. The van der Waals surface area contributed by atoms with Crippen molar-refractivity contribution in [3.8, 4) is 0 Å². The Morgan fingerprint density at radius 1 is 1.24 bits per heavy atom. The van der Waals surface area contributed by atoms with E-state index in [9.17, 15) is 8.42 Å². The summed E-state index contributed by atoms with van der Waals surface area (Å²) < 4.78 is 28.6. The lowest BCUT2D eigenvalue weighted by Gasteiger charge is -2.23. The fraction of sp³-hybridized carbons (Fsp3) is 0.500. The van der Waals surface area contributed by atoms with Gasteiger partial charge in [0.1, 0.15) is 6.23 Å². The molecule has 0 saturated heterocycles. The van der Waals surface area contributed by atoms with E-state index < -0.39 is 9.84 Å². The van der Waals surface area contributed by atoms with Crippen LogP contribution in [0.1, 0.15) is 18.7 Å². The highest BCUT2D eigenvalue weighted by Gasteiger charge is 2.15. The average Bonchev–Trinajstić information content (AvgIpc) is 2.30. The first-order valence-corrected chi connectivity index (χ1v) is 7.09. The van der Waals surface area contributed by atoms with Crippen LogP contribution in [0.3, 0.4) is 0 Å². The van der Waals surface area contributed by atoms with E-state index in [1.54, 1.807) is 38.3 Å². The van der Waals surface area contributed by atoms with Crippen molar-refractivity contribution in [3.63, 3.8) is 0 Å². The van der Waals surface area contributed by atoms with Gasteiger partial charge in [-0.3, -0.25) is 4.90 Å². The van der Waals surface area contributed by atoms with Crippen LogP contribution in [0.25, 0.3) is 0 Å². The highest BCUT2D eigenvalue weighted by Crippen LogP contribution is 2.21. The molecule has 0 amide bonds. The Labute approximate surface area is 103 Å². The molecule has 0 saturated carbocycles. The van der Waals surface area contributed by atoms with Crippen LogP contribution in [0.4, 0.5) is 0 Å². The molecule has 0 radical (unpaired) electrons. The molecule has 0 aromatic heterocycles. The molecule has 0 N–H and O–H groups in total. The second kappa shape index (κ2) is 5.62. The first-order valence-electron chi connectivity index (χ1n) is 5.44. The van der Waals surface area contributed by atoms with Gasteiger partial charge in [-0.1, -0.05) is 19.1 Å². The molecule has 0 bridgehead atoms. The van der Waals surface area contributed by atoms with E-state index in [1.165, 1.54) is 0 Å². The lowest BCUT2D eigenvalue weighted by Crippen LogP contribution is -2.21. The third-order valence-corrected chi connectivity index (χ3v) is 4.35. The van der Waals surface area contributed by atoms with Gasteiger partial charge in [-0.25, -0.2) is 8.42 Å². The quantitative estimate of drug-likeness (QED) is 0.753. The van der Waals surface area contributed by atoms with Crippen molar-refractivity contribution >= 4 is 9.84 Å². The van der Waals surface area contributed by atoms with E-state index >= 15 is 0 Å². The highest BCUT2D eigenvalue weighted by molar-refractivity contribution is 7.91. The smallest absolute Gasteiger partial charge is 0.178 e. The third-order valence-electron chi connectivity index (χ3n) is 2.60. The number of rotatable bonds is 5. The summed E-state index contributed by atoms with van der Waals surface area (Å²) in [4.78, 5) is 2.28. The molecule has 0 fully saturated rings. The van der Waals surface area contributed by atoms with Crippen LogP contribution in [-0.4, -0.2) is 40.3 Å². The minimum atomic E-state index is -3.12. The topological polar surface area (TPSA) is 46.6 Å². The Morgan fingerprint density at radius 3 is 2.12 bits per heavy atom. The maximum atomic E-state index is 11.6. The van der Waals surface area contributed by atoms with Crippen LogP contribution >= 0.6 is 0 Å². The van der Waals surface area contributed by atoms with Crippen LogP contribution in [-0.2, 0) is 14.6 Å². The molecule has 0 heterocycles. The fourth-order valence-corrected chi connectivity index (χ4v) is 2.54. The summed E-state index contributed by atoms with van der Waals surface area (Å²) in [6, 6.07) is 6.83. The van der Waals surface area contributed by atoms with Crippen LogP contribution < -0.4 is 0 Å². The number of benzene rings is 1.